The van der Waals surface area contributed by atoms with E-state index in [1.807, 2.05) is 18.2 Å². The lowest BCUT2D eigenvalue weighted by atomic mass is 10.1. The molecule has 2 aromatic carbocycles. The van der Waals surface area contributed by atoms with Gasteiger partial charge in [-0.15, -0.1) is 0 Å². The number of anilines is 2. The van der Waals surface area contributed by atoms with Crippen molar-refractivity contribution < 1.29 is 14.5 Å². The van der Waals surface area contributed by atoms with Gasteiger partial charge in [0.1, 0.15) is 0 Å². The fourth-order valence-corrected chi connectivity index (χ4v) is 2.75. The molecule has 1 aliphatic heterocycles. The van der Waals surface area contributed by atoms with E-state index in [9.17, 15) is 14.9 Å². The fourth-order valence-electron chi connectivity index (χ4n) is 2.75. The Kier molecular flexibility index (Phi) is 4.95. The van der Waals surface area contributed by atoms with Crippen molar-refractivity contribution in [1.29, 1.82) is 0 Å². The number of nitro groups is 1. The van der Waals surface area contributed by atoms with E-state index in [1.54, 1.807) is 25.1 Å². The third kappa shape index (κ3) is 3.95. The lowest BCUT2D eigenvalue weighted by molar-refractivity contribution is -0.385. The van der Waals surface area contributed by atoms with Gasteiger partial charge in [0.15, 0.2) is 0 Å². The van der Waals surface area contributed by atoms with Crippen LogP contribution in [0.4, 0.5) is 17.1 Å². The first-order valence-electron chi connectivity index (χ1n) is 8.04. The smallest absolute Gasteiger partial charge is 0.274 e. The Morgan fingerprint density at radius 1 is 1.20 bits per heavy atom. The van der Waals surface area contributed by atoms with Crippen molar-refractivity contribution in [1.82, 2.24) is 0 Å². The van der Waals surface area contributed by atoms with Gasteiger partial charge < -0.3 is 15.0 Å². The maximum atomic E-state index is 12.5. The number of hydrogen-bond donors (Lipinski definition) is 1. The molecule has 1 aliphatic rings. The van der Waals surface area contributed by atoms with E-state index in [0.717, 1.165) is 18.8 Å². The van der Waals surface area contributed by atoms with Crippen molar-refractivity contribution in [3.8, 4) is 0 Å². The number of amides is 1. The molecule has 0 saturated carbocycles. The van der Waals surface area contributed by atoms with Crippen LogP contribution < -0.4 is 10.2 Å². The van der Waals surface area contributed by atoms with Gasteiger partial charge in [0.05, 0.1) is 18.1 Å². The predicted molar refractivity (Wildman–Crippen MR) is 95.3 cm³/mol. The zero-order valence-corrected chi connectivity index (χ0v) is 13.9. The number of rotatable bonds is 4. The predicted octanol–water partition coefficient (Wildman–Crippen LogP) is 2.99. The second-order valence-electron chi connectivity index (χ2n) is 5.86. The lowest BCUT2D eigenvalue weighted by Crippen LogP contribution is -2.36. The van der Waals surface area contributed by atoms with Crippen molar-refractivity contribution in [2.24, 2.45) is 0 Å². The zero-order valence-electron chi connectivity index (χ0n) is 13.9. The molecule has 2 aromatic rings. The standard InChI is InChI=1S/C18H19N3O4/c1-13-5-6-15(12-17(13)21(23)24)19-18(22)14-3-2-4-16(11-14)20-7-9-25-10-8-20/h2-6,11-12H,7-10H2,1H3,(H,19,22). The highest BCUT2D eigenvalue weighted by Crippen LogP contribution is 2.23. The number of nitrogens with zero attached hydrogens (tertiary/aromatic N) is 2. The van der Waals surface area contributed by atoms with Gasteiger partial charge in [0.25, 0.3) is 11.6 Å². The van der Waals surface area contributed by atoms with Crippen molar-refractivity contribution in [3.63, 3.8) is 0 Å². The van der Waals surface area contributed by atoms with Crippen LogP contribution in [0.3, 0.4) is 0 Å². The van der Waals surface area contributed by atoms with Gasteiger partial charge in [0.2, 0.25) is 0 Å². The van der Waals surface area contributed by atoms with Gasteiger partial charge >= 0.3 is 0 Å². The first kappa shape index (κ1) is 16.9. The summed E-state index contributed by atoms with van der Waals surface area (Å²) in [5.74, 6) is -0.298. The summed E-state index contributed by atoms with van der Waals surface area (Å²) in [6, 6.07) is 12.0. The number of carbonyl (C=O) groups is 1. The van der Waals surface area contributed by atoms with Crippen LogP contribution in [0.2, 0.25) is 0 Å². The molecule has 7 heteroatoms. The number of ether oxygens (including phenoxy) is 1. The highest BCUT2D eigenvalue weighted by Gasteiger charge is 2.15. The van der Waals surface area contributed by atoms with E-state index < -0.39 is 4.92 Å². The molecule has 1 amide bonds. The summed E-state index contributed by atoms with van der Waals surface area (Å²) in [4.78, 5) is 25.2. The van der Waals surface area contributed by atoms with Crippen LogP contribution in [0.25, 0.3) is 0 Å². The van der Waals surface area contributed by atoms with Crippen molar-refractivity contribution >= 4 is 23.0 Å². The largest absolute Gasteiger partial charge is 0.378 e. The summed E-state index contributed by atoms with van der Waals surface area (Å²) < 4.78 is 5.34. The van der Waals surface area contributed by atoms with Crippen LogP contribution in [0.1, 0.15) is 15.9 Å². The van der Waals surface area contributed by atoms with E-state index in [2.05, 4.69) is 10.2 Å². The number of nitro benzene ring substituents is 1. The van der Waals surface area contributed by atoms with Crippen LogP contribution in [0, 0.1) is 17.0 Å². The third-order valence-electron chi connectivity index (χ3n) is 4.15. The van der Waals surface area contributed by atoms with E-state index in [0.29, 0.717) is 30.0 Å². The second-order valence-corrected chi connectivity index (χ2v) is 5.86. The van der Waals surface area contributed by atoms with Crippen LogP contribution in [0.15, 0.2) is 42.5 Å². The molecule has 0 aliphatic carbocycles. The monoisotopic (exact) mass is 341 g/mol. The molecule has 25 heavy (non-hydrogen) atoms. The molecule has 0 unspecified atom stereocenters. The Morgan fingerprint density at radius 2 is 1.96 bits per heavy atom. The Morgan fingerprint density at radius 3 is 2.68 bits per heavy atom. The van der Waals surface area contributed by atoms with Gasteiger partial charge in [-0.3, -0.25) is 14.9 Å². The number of carbonyl (C=O) groups excluding carboxylic acids is 1. The van der Waals surface area contributed by atoms with Crippen LogP contribution in [-0.2, 0) is 4.74 Å². The van der Waals surface area contributed by atoms with Gasteiger partial charge in [-0.1, -0.05) is 12.1 Å². The normalized spacial score (nSPS) is 14.2. The molecule has 0 radical (unpaired) electrons. The van der Waals surface area contributed by atoms with E-state index in [4.69, 9.17) is 4.74 Å². The number of hydrogen-bond acceptors (Lipinski definition) is 5. The van der Waals surface area contributed by atoms with E-state index >= 15 is 0 Å². The molecular weight excluding hydrogens is 322 g/mol. The molecule has 1 fully saturated rings. The Bertz CT molecular complexity index is 801. The summed E-state index contributed by atoms with van der Waals surface area (Å²) in [7, 11) is 0. The molecule has 0 spiro atoms. The van der Waals surface area contributed by atoms with Gasteiger partial charge in [-0.25, -0.2) is 0 Å². The first-order valence-corrected chi connectivity index (χ1v) is 8.04. The number of nitrogens with one attached hydrogen (secondary N) is 1. The maximum Gasteiger partial charge on any atom is 0.274 e. The molecule has 1 heterocycles. The maximum absolute atomic E-state index is 12.5. The van der Waals surface area contributed by atoms with Crippen molar-refractivity contribution in [2.45, 2.75) is 6.92 Å². The Balaban J connectivity index is 1.77. The summed E-state index contributed by atoms with van der Waals surface area (Å²) >= 11 is 0. The average Bonchev–Trinajstić information content (AvgIpc) is 2.64. The first-order chi connectivity index (χ1) is 12.0. The summed E-state index contributed by atoms with van der Waals surface area (Å²) in [5, 5.41) is 13.8. The molecule has 0 aromatic heterocycles. The van der Waals surface area contributed by atoms with Gasteiger partial charge in [-0.05, 0) is 31.2 Å². The molecule has 1 N–H and O–H groups in total. The molecule has 1 saturated heterocycles. The van der Waals surface area contributed by atoms with Gasteiger partial charge in [-0.2, -0.15) is 0 Å². The summed E-state index contributed by atoms with van der Waals surface area (Å²) in [6.45, 7) is 4.58. The molecule has 0 bridgehead atoms. The number of benzene rings is 2. The minimum atomic E-state index is -0.454. The highest BCUT2D eigenvalue weighted by atomic mass is 16.6. The van der Waals surface area contributed by atoms with Crippen LogP contribution >= 0.6 is 0 Å². The average molecular weight is 341 g/mol. The molecular formula is C18H19N3O4. The van der Waals surface area contributed by atoms with Crippen LogP contribution in [-0.4, -0.2) is 37.1 Å². The summed E-state index contributed by atoms with van der Waals surface area (Å²) in [6.07, 6.45) is 0. The molecule has 7 nitrogen and oxygen atoms in total. The Hall–Kier alpha value is -2.93. The Labute approximate surface area is 145 Å². The van der Waals surface area contributed by atoms with Gasteiger partial charge in [0, 0.05) is 41.7 Å². The quantitative estimate of drug-likeness (QED) is 0.682. The minimum absolute atomic E-state index is 0.0140. The summed E-state index contributed by atoms with van der Waals surface area (Å²) in [5.41, 5.74) is 2.41. The third-order valence-corrected chi connectivity index (χ3v) is 4.15. The zero-order chi connectivity index (χ0) is 17.8. The molecule has 3 rings (SSSR count). The van der Waals surface area contributed by atoms with Crippen molar-refractivity contribution in [3.05, 3.63) is 63.7 Å². The highest BCUT2D eigenvalue weighted by molar-refractivity contribution is 6.05. The lowest BCUT2D eigenvalue weighted by Gasteiger charge is -2.29. The second kappa shape index (κ2) is 7.31. The number of morpholine rings is 1. The van der Waals surface area contributed by atoms with Crippen LogP contribution in [0.5, 0.6) is 0 Å². The SMILES string of the molecule is Cc1ccc(NC(=O)c2cccc(N3CCOCC3)c2)cc1[N+](=O)[O-]. The molecule has 0 atom stereocenters. The number of aryl methyl sites for hydroxylation is 1. The van der Waals surface area contributed by atoms with Crippen molar-refractivity contribution in [2.75, 3.05) is 36.5 Å². The van der Waals surface area contributed by atoms with E-state index in [1.165, 1.54) is 6.07 Å². The topological polar surface area (TPSA) is 84.7 Å². The van der Waals surface area contributed by atoms with E-state index in [-0.39, 0.29) is 11.6 Å². The molecule has 130 valence electrons. The minimum Gasteiger partial charge on any atom is -0.378 e. The fraction of sp³-hybridized carbons (Fsp3) is 0.278.